The van der Waals surface area contributed by atoms with Gasteiger partial charge in [-0.3, -0.25) is 4.57 Å². The molecule has 0 spiro atoms. The van der Waals surface area contributed by atoms with Crippen LogP contribution in [0.15, 0.2) is 30.3 Å². The van der Waals surface area contributed by atoms with E-state index in [1.165, 1.54) is 0 Å². The highest BCUT2D eigenvalue weighted by molar-refractivity contribution is 7.56. The molecule has 3 nitrogen and oxygen atoms in total. The highest BCUT2D eigenvalue weighted by atomic mass is 31.2. The van der Waals surface area contributed by atoms with E-state index in [0.29, 0.717) is 13.2 Å². The molecule has 0 amide bonds. The van der Waals surface area contributed by atoms with Crippen molar-refractivity contribution >= 4 is 7.60 Å². The maximum atomic E-state index is 12.9. The van der Waals surface area contributed by atoms with Gasteiger partial charge in [-0.2, -0.15) is 0 Å². The SMILES string of the molecule is CCOP1(=O)OCC2(C)CC21c1ccccc1. The first-order valence-electron chi connectivity index (χ1n) is 6.03. The van der Waals surface area contributed by atoms with Crippen molar-refractivity contribution in [3.05, 3.63) is 35.9 Å². The lowest BCUT2D eigenvalue weighted by Crippen LogP contribution is -2.12. The van der Waals surface area contributed by atoms with Crippen LogP contribution in [-0.4, -0.2) is 13.2 Å². The van der Waals surface area contributed by atoms with Crippen molar-refractivity contribution in [1.82, 2.24) is 0 Å². The summed E-state index contributed by atoms with van der Waals surface area (Å²) in [5, 5.41) is -0.392. The third kappa shape index (κ3) is 1.28. The smallest absolute Gasteiger partial charge is 0.308 e. The van der Waals surface area contributed by atoms with Gasteiger partial charge in [0.25, 0.3) is 0 Å². The van der Waals surface area contributed by atoms with E-state index in [9.17, 15) is 4.57 Å². The summed E-state index contributed by atoms with van der Waals surface area (Å²) in [6, 6.07) is 10.0. The van der Waals surface area contributed by atoms with Gasteiger partial charge in [0.15, 0.2) is 0 Å². The van der Waals surface area contributed by atoms with Crippen molar-refractivity contribution in [1.29, 1.82) is 0 Å². The second-order valence-electron chi connectivity index (χ2n) is 5.15. The first-order chi connectivity index (χ1) is 8.08. The Morgan fingerprint density at radius 2 is 2.12 bits per heavy atom. The molecule has 1 saturated heterocycles. The van der Waals surface area contributed by atoms with Crippen molar-refractivity contribution in [3.8, 4) is 0 Å². The minimum atomic E-state index is -3.01. The summed E-state index contributed by atoms with van der Waals surface area (Å²) >= 11 is 0. The van der Waals surface area contributed by atoms with E-state index in [0.717, 1.165) is 12.0 Å². The van der Waals surface area contributed by atoms with Gasteiger partial charge in [-0.05, 0) is 18.9 Å². The summed E-state index contributed by atoms with van der Waals surface area (Å²) in [5.74, 6) is 0. The summed E-state index contributed by atoms with van der Waals surface area (Å²) in [4.78, 5) is 0. The van der Waals surface area contributed by atoms with E-state index < -0.39 is 12.8 Å². The summed E-state index contributed by atoms with van der Waals surface area (Å²) in [6.07, 6.45) is 0.904. The molecular formula is C13H17O3P. The summed E-state index contributed by atoms with van der Waals surface area (Å²) < 4.78 is 23.9. The van der Waals surface area contributed by atoms with Crippen molar-refractivity contribution in [2.24, 2.45) is 5.41 Å². The van der Waals surface area contributed by atoms with Gasteiger partial charge in [-0.15, -0.1) is 0 Å². The predicted octanol–water partition coefficient (Wildman–Crippen LogP) is 3.55. The molecule has 1 saturated carbocycles. The molecule has 0 bridgehead atoms. The van der Waals surface area contributed by atoms with Gasteiger partial charge >= 0.3 is 7.60 Å². The lowest BCUT2D eigenvalue weighted by Gasteiger charge is -2.22. The number of fused-ring (bicyclic) bond motifs is 1. The highest BCUT2D eigenvalue weighted by Gasteiger charge is 2.80. The number of hydrogen-bond donors (Lipinski definition) is 0. The number of hydrogen-bond acceptors (Lipinski definition) is 3. The topological polar surface area (TPSA) is 35.5 Å². The van der Waals surface area contributed by atoms with Crippen LogP contribution in [0.25, 0.3) is 0 Å². The average Bonchev–Trinajstić information content (AvgIpc) is 2.91. The molecule has 17 heavy (non-hydrogen) atoms. The minimum absolute atomic E-state index is 0.0148. The van der Waals surface area contributed by atoms with Gasteiger partial charge in [0.2, 0.25) is 0 Å². The highest BCUT2D eigenvalue weighted by Crippen LogP contribution is 2.89. The fraction of sp³-hybridized carbons (Fsp3) is 0.538. The summed E-state index contributed by atoms with van der Waals surface area (Å²) in [7, 11) is -3.01. The van der Waals surface area contributed by atoms with Gasteiger partial charge in [-0.1, -0.05) is 37.3 Å². The molecule has 4 heteroatoms. The third-order valence-corrected chi connectivity index (χ3v) is 7.05. The molecule has 0 N–H and O–H groups in total. The zero-order chi connectivity index (χ0) is 12.1. The van der Waals surface area contributed by atoms with Gasteiger partial charge in [0.05, 0.1) is 13.2 Å². The number of benzene rings is 1. The van der Waals surface area contributed by atoms with Crippen molar-refractivity contribution in [3.63, 3.8) is 0 Å². The van der Waals surface area contributed by atoms with E-state index in [1.807, 2.05) is 37.3 Å². The molecule has 1 aliphatic heterocycles. The fourth-order valence-electron chi connectivity index (χ4n) is 3.10. The Hall–Kier alpha value is -0.630. The summed E-state index contributed by atoms with van der Waals surface area (Å²) in [5.41, 5.74) is 1.08. The van der Waals surface area contributed by atoms with Gasteiger partial charge in [-0.25, -0.2) is 0 Å². The molecule has 3 rings (SSSR count). The molecule has 92 valence electrons. The standard InChI is InChI=1S/C13H17O3P/c1-3-15-17(14)13(9-12(13,2)10-16-17)11-7-5-4-6-8-11/h4-8H,3,9-10H2,1-2H3. The largest absolute Gasteiger partial charge is 0.341 e. The van der Waals surface area contributed by atoms with Crippen LogP contribution in [0.5, 0.6) is 0 Å². The zero-order valence-corrected chi connectivity index (χ0v) is 11.1. The molecule has 0 aromatic heterocycles. The minimum Gasteiger partial charge on any atom is -0.308 e. The van der Waals surface area contributed by atoms with E-state index in [2.05, 4.69) is 6.92 Å². The molecule has 1 aliphatic carbocycles. The zero-order valence-electron chi connectivity index (χ0n) is 10.2. The fourth-order valence-corrected chi connectivity index (χ4v) is 6.14. The first-order valence-corrected chi connectivity index (χ1v) is 7.57. The monoisotopic (exact) mass is 252 g/mol. The molecule has 1 aromatic carbocycles. The van der Waals surface area contributed by atoms with Crippen molar-refractivity contribution < 1.29 is 13.6 Å². The van der Waals surface area contributed by atoms with Crippen LogP contribution in [0.1, 0.15) is 25.8 Å². The first kappa shape index (κ1) is 11.5. The van der Waals surface area contributed by atoms with Crippen LogP contribution in [0, 0.1) is 5.41 Å². The Kier molecular flexibility index (Phi) is 2.32. The van der Waals surface area contributed by atoms with Crippen molar-refractivity contribution in [2.45, 2.75) is 25.4 Å². The molecular weight excluding hydrogens is 235 g/mol. The molecule has 3 unspecified atom stereocenters. The molecule has 2 aliphatic rings. The quantitative estimate of drug-likeness (QED) is 0.772. The van der Waals surface area contributed by atoms with E-state index in [1.54, 1.807) is 0 Å². The Bertz CT molecular complexity index is 481. The van der Waals surface area contributed by atoms with Gasteiger partial charge in [0, 0.05) is 5.41 Å². The maximum absolute atomic E-state index is 12.9. The second-order valence-corrected chi connectivity index (χ2v) is 7.43. The van der Waals surface area contributed by atoms with Crippen LogP contribution >= 0.6 is 7.60 Å². The second kappa shape index (κ2) is 3.44. The van der Waals surface area contributed by atoms with Crippen LogP contribution < -0.4 is 0 Å². The Morgan fingerprint density at radius 1 is 1.41 bits per heavy atom. The molecule has 2 fully saturated rings. The normalized spacial score (nSPS) is 43.4. The Labute approximate surface area is 102 Å². The van der Waals surface area contributed by atoms with E-state index in [-0.39, 0.29) is 5.41 Å². The van der Waals surface area contributed by atoms with Gasteiger partial charge < -0.3 is 9.05 Å². The van der Waals surface area contributed by atoms with E-state index in [4.69, 9.17) is 9.05 Å². The molecule has 1 aromatic rings. The molecule has 0 radical (unpaired) electrons. The molecule has 1 heterocycles. The average molecular weight is 252 g/mol. The molecule has 3 atom stereocenters. The summed E-state index contributed by atoms with van der Waals surface area (Å²) in [6.45, 7) is 4.97. The Balaban J connectivity index is 2.09. The lowest BCUT2D eigenvalue weighted by molar-refractivity contribution is 0.210. The van der Waals surface area contributed by atoms with Gasteiger partial charge in [0.1, 0.15) is 5.16 Å². The maximum Gasteiger partial charge on any atom is 0.341 e. The predicted molar refractivity (Wildman–Crippen MR) is 66.0 cm³/mol. The van der Waals surface area contributed by atoms with Crippen LogP contribution in [0.4, 0.5) is 0 Å². The van der Waals surface area contributed by atoms with Crippen LogP contribution in [0.3, 0.4) is 0 Å². The lowest BCUT2D eigenvalue weighted by atomic mass is 10.0. The van der Waals surface area contributed by atoms with Crippen LogP contribution in [-0.2, 0) is 18.8 Å². The van der Waals surface area contributed by atoms with Crippen LogP contribution in [0.2, 0.25) is 0 Å². The van der Waals surface area contributed by atoms with Crippen molar-refractivity contribution in [2.75, 3.05) is 13.2 Å². The third-order valence-electron chi connectivity index (χ3n) is 4.09. The Morgan fingerprint density at radius 3 is 2.71 bits per heavy atom. The van der Waals surface area contributed by atoms with E-state index >= 15 is 0 Å². The number of rotatable bonds is 3.